The van der Waals surface area contributed by atoms with Gasteiger partial charge in [-0.2, -0.15) is 0 Å². The quantitative estimate of drug-likeness (QED) is 0.313. The standard InChI is InChI=1S/C14H25N3O3/c15-13(17-19)12(10-5-2-1-3-6-10)16-14(18)11-7-4-8-20-9-11/h10-12,19H,1-9H2,(H2,15,17)(H,16,18). The minimum absolute atomic E-state index is 0.0353. The fourth-order valence-electron chi connectivity index (χ4n) is 3.18. The molecule has 6 heteroatoms. The van der Waals surface area contributed by atoms with Crippen molar-refractivity contribution in [3.63, 3.8) is 0 Å². The largest absolute Gasteiger partial charge is 0.409 e. The molecule has 0 aromatic rings. The lowest BCUT2D eigenvalue weighted by Crippen LogP contribution is -2.52. The zero-order valence-electron chi connectivity index (χ0n) is 11.9. The van der Waals surface area contributed by atoms with E-state index in [0.717, 1.165) is 45.1 Å². The minimum Gasteiger partial charge on any atom is -0.409 e. The van der Waals surface area contributed by atoms with Crippen LogP contribution in [0.15, 0.2) is 5.16 Å². The van der Waals surface area contributed by atoms with E-state index in [9.17, 15) is 4.79 Å². The lowest BCUT2D eigenvalue weighted by atomic mass is 9.83. The van der Waals surface area contributed by atoms with Crippen LogP contribution >= 0.6 is 0 Å². The molecule has 1 amide bonds. The van der Waals surface area contributed by atoms with Gasteiger partial charge in [-0.25, -0.2) is 0 Å². The summed E-state index contributed by atoms with van der Waals surface area (Å²) in [5, 5.41) is 15.0. The molecule has 6 nitrogen and oxygen atoms in total. The maximum Gasteiger partial charge on any atom is 0.226 e. The van der Waals surface area contributed by atoms with Crippen molar-refractivity contribution < 1.29 is 14.7 Å². The van der Waals surface area contributed by atoms with Crippen molar-refractivity contribution in [1.82, 2.24) is 5.32 Å². The summed E-state index contributed by atoms with van der Waals surface area (Å²) in [4.78, 5) is 12.3. The summed E-state index contributed by atoms with van der Waals surface area (Å²) in [6, 6.07) is -0.352. The average molecular weight is 283 g/mol. The first-order valence-electron chi connectivity index (χ1n) is 7.58. The molecule has 1 saturated heterocycles. The molecule has 1 aliphatic carbocycles. The lowest BCUT2D eigenvalue weighted by Gasteiger charge is -2.31. The number of ether oxygens (including phenoxy) is 1. The number of carbonyl (C=O) groups excluding carboxylic acids is 1. The van der Waals surface area contributed by atoms with Gasteiger partial charge in [0, 0.05) is 6.61 Å². The van der Waals surface area contributed by atoms with Crippen LogP contribution in [0.3, 0.4) is 0 Å². The maximum atomic E-state index is 12.3. The second-order valence-corrected chi connectivity index (χ2v) is 5.82. The van der Waals surface area contributed by atoms with Gasteiger partial charge in [0.05, 0.1) is 18.6 Å². The zero-order chi connectivity index (χ0) is 14.4. The highest BCUT2D eigenvalue weighted by Crippen LogP contribution is 2.27. The molecule has 0 radical (unpaired) electrons. The number of rotatable bonds is 4. The molecule has 2 aliphatic rings. The molecule has 1 saturated carbocycles. The molecule has 2 unspecified atom stereocenters. The van der Waals surface area contributed by atoms with E-state index in [4.69, 9.17) is 15.7 Å². The van der Waals surface area contributed by atoms with E-state index in [1.807, 2.05) is 0 Å². The summed E-state index contributed by atoms with van der Waals surface area (Å²) in [5.41, 5.74) is 5.78. The molecule has 1 aliphatic heterocycles. The van der Waals surface area contributed by atoms with E-state index in [1.54, 1.807) is 0 Å². The molecule has 1 heterocycles. The van der Waals surface area contributed by atoms with E-state index in [1.165, 1.54) is 6.42 Å². The number of nitrogens with zero attached hydrogens (tertiary/aromatic N) is 1. The average Bonchev–Trinajstić information content (AvgIpc) is 2.53. The summed E-state index contributed by atoms with van der Waals surface area (Å²) >= 11 is 0. The summed E-state index contributed by atoms with van der Waals surface area (Å²) in [6.45, 7) is 1.20. The van der Waals surface area contributed by atoms with E-state index in [0.29, 0.717) is 6.61 Å². The molecule has 2 atom stereocenters. The Balaban J connectivity index is 1.97. The number of oxime groups is 1. The number of hydrogen-bond acceptors (Lipinski definition) is 4. The van der Waals surface area contributed by atoms with Gasteiger partial charge in [0.2, 0.25) is 5.91 Å². The van der Waals surface area contributed by atoms with E-state index in [-0.39, 0.29) is 29.6 Å². The third-order valence-corrected chi connectivity index (χ3v) is 4.38. The molecular weight excluding hydrogens is 258 g/mol. The van der Waals surface area contributed by atoms with Gasteiger partial charge in [-0.3, -0.25) is 4.79 Å². The Bertz CT molecular complexity index is 348. The Morgan fingerprint density at radius 2 is 2.00 bits per heavy atom. The molecule has 114 valence electrons. The van der Waals surface area contributed by atoms with Crippen LogP contribution in [0.4, 0.5) is 0 Å². The molecule has 20 heavy (non-hydrogen) atoms. The second kappa shape index (κ2) is 7.47. The summed E-state index contributed by atoms with van der Waals surface area (Å²) in [5.74, 6) is 0.239. The predicted molar refractivity (Wildman–Crippen MR) is 75.5 cm³/mol. The summed E-state index contributed by atoms with van der Waals surface area (Å²) in [6.07, 6.45) is 7.30. The molecule has 4 N–H and O–H groups in total. The first kappa shape index (κ1) is 15.1. The normalized spacial score (nSPS) is 27.0. The number of amidine groups is 1. The number of carbonyl (C=O) groups is 1. The van der Waals surface area contributed by atoms with Gasteiger partial charge in [0.25, 0.3) is 0 Å². The number of hydrogen-bond donors (Lipinski definition) is 3. The minimum atomic E-state index is -0.352. The lowest BCUT2D eigenvalue weighted by molar-refractivity contribution is -0.129. The number of nitrogens with one attached hydrogen (secondary N) is 1. The van der Waals surface area contributed by atoms with Crippen LogP contribution in [-0.2, 0) is 9.53 Å². The Morgan fingerprint density at radius 3 is 2.60 bits per heavy atom. The topological polar surface area (TPSA) is 96.9 Å². The van der Waals surface area contributed by atoms with Crippen LogP contribution in [0.2, 0.25) is 0 Å². The molecule has 0 bridgehead atoms. The number of nitrogens with two attached hydrogens (primary N) is 1. The predicted octanol–water partition coefficient (Wildman–Crippen LogP) is 1.22. The SMILES string of the molecule is NC(=NO)C(NC(=O)C1CCCOC1)C1CCCCC1. The number of amides is 1. The van der Waals surface area contributed by atoms with Crippen molar-refractivity contribution in [2.24, 2.45) is 22.7 Å². The maximum absolute atomic E-state index is 12.3. The highest BCUT2D eigenvalue weighted by molar-refractivity contribution is 5.90. The van der Waals surface area contributed by atoms with Gasteiger partial charge in [-0.1, -0.05) is 24.4 Å². The van der Waals surface area contributed by atoms with Crippen molar-refractivity contribution >= 4 is 11.7 Å². The Kier molecular flexibility index (Phi) is 5.64. The van der Waals surface area contributed by atoms with Gasteiger partial charge < -0.3 is 21.0 Å². The highest BCUT2D eigenvalue weighted by Gasteiger charge is 2.31. The first-order chi connectivity index (χ1) is 9.72. The van der Waals surface area contributed by atoms with Gasteiger partial charge in [0.1, 0.15) is 0 Å². The smallest absolute Gasteiger partial charge is 0.226 e. The second-order valence-electron chi connectivity index (χ2n) is 5.82. The van der Waals surface area contributed by atoms with Crippen molar-refractivity contribution in [3.8, 4) is 0 Å². The van der Waals surface area contributed by atoms with Crippen molar-refractivity contribution in [1.29, 1.82) is 0 Å². The highest BCUT2D eigenvalue weighted by atomic mass is 16.5. The van der Waals surface area contributed by atoms with Crippen LogP contribution < -0.4 is 11.1 Å². The van der Waals surface area contributed by atoms with E-state index >= 15 is 0 Å². The fraction of sp³-hybridized carbons (Fsp3) is 0.857. The van der Waals surface area contributed by atoms with Gasteiger partial charge in [-0.05, 0) is 31.6 Å². The van der Waals surface area contributed by atoms with Crippen LogP contribution in [0, 0.1) is 11.8 Å². The zero-order valence-corrected chi connectivity index (χ0v) is 11.9. The van der Waals surface area contributed by atoms with Crippen molar-refractivity contribution in [3.05, 3.63) is 0 Å². The third-order valence-electron chi connectivity index (χ3n) is 4.38. The fourth-order valence-corrected chi connectivity index (χ4v) is 3.18. The van der Waals surface area contributed by atoms with Crippen LogP contribution in [0.1, 0.15) is 44.9 Å². The van der Waals surface area contributed by atoms with E-state index < -0.39 is 0 Å². The van der Waals surface area contributed by atoms with Gasteiger partial charge in [-0.15, -0.1) is 0 Å². The molecule has 2 fully saturated rings. The molecule has 0 aromatic heterocycles. The molecule has 0 spiro atoms. The summed E-state index contributed by atoms with van der Waals surface area (Å²) < 4.78 is 5.35. The summed E-state index contributed by atoms with van der Waals surface area (Å²) in [7, 11) is 0. The van der Waals surface area contributed by atoms with Crippen molar-refractivity contribution in [2.75, 3.05) is 13.2 Å². The van der Waals surface area contributed by atoms with E-state index in [2.05, 4.69) is 10.5 Å². The Morgan fingerprint density at radius 1 is 1.25 bits per heavy atom. The molecule has 2 rings (SSSR count). The van der Waals surface area contributed by atoms with Crippen molar-refractivity contribution in [2.45, 2.75) is 51.0 Å². The first-order valence-corrected chi connectivity index (χ1v) is 7.58. The Labute approximate surface area is 119 Å². The molecular formula is C14H25N3O3. The monoisotopic (exact) mass is 283 g/mol. The third kappa shape index (κ3) is 3.85. The van der Waals surface area contributed by atoms with Crippen LogP contribution in [0.5, 0.6) is 0 Å². The Hall–Kier alpha value is -1.30. The van der Waals surface area contributed by atoms with Crippen LogP contribution in [-0.4, -0.2) is 36.2 Å². The van der Waals surface area contributed by atoms with Gasteiger partial charge in [0.15, 0.2) is 5.84 Å². The van der Waals surface area contributed by atoms with Gasteiger partial charge >= 0.3 is 0 Å². The molecule has 0 aromatic carbocycles. The van der Waals surface area contributed by atoms with Crippen LogP contribution in [0.25, 0.3) is 0 Å².